The molecule has 1 aliphatic rings. The second kappa shape index (κ2) is 9.19. The van der Waals surface area contributed by atoms with Gasteiger partial charge in [0.25, 0.3) is 0 Å². The minimum atomic E-state index is -1.36. The Kier molecular flexibility index (Phi) is 7.60. The predicted molar refractivity (Wildman–Crippen MR) is 81.6 cm³/mol. The van der Waals surface area contributed by atoms with Gasteiger partial charge in [-0.3, -0.25) is 9.59 Å². The third kappa shape index (κ3) is 6.51. The Morgan fingerprint density at radius 2 is 1.88 bits per heavy atom. The van der Waals surface area contributed by atoms with Crippen molar-refractivity contribution < 1.29 is 38.8 Å². The number of hydrogen-bond donors (Lipinski definition) is 2. The molecule has 134 valence electrons. The van der Waals surface area contributed by atoms with Crippen LogP contribution >= 0.6 is 0 Å². The quantitative estimate of drug-likeness (QED) is 0.377. The van der Waals surface area contributed by atoms with E-state index in [4.69, 9.17) is 14.2 Å². The number of cyclic esters (lactones) is 1. The Morgan fingerprint density at radius 1 is 1.25 bits per heavy atom. The molecule has 5 atom stereocenters. The van der Waals surface area contributed by atoms with Gasteiger partial charge in [0.15, 0.2) is 6.10 Å². The fourth-order valence-corrected chi connectivity index (χ4v) is 2.11. The van der Waals surface area contributed by atoms with Gasteiger partial charge in [-0.05, 0) is 13.0 Å². The van der Waals surface area contributed by atoms with Crippen LogP contribution in [0, 0.1) is 0 Å². The van der Waals surface area contributed by atoms with E-state index >= 15 is 0 Å². The Bertz CT molecular complexity index is 524. The lowest BCUT2D eigenvalue weighted by atomic mass is 10.0. The molecule has 0 saturated heterocycles. The molecule has 0 aromatic rings. The summed E-state index contributed by atoms with van der Waals surface area (Å²) in [5.41, 5.74) is 0. The first kappa shape index (κ1) is 19.9. The molecule has 1 heterocycles. The van der Waals surface area contributed by atoms with Gasteiger partial charge >= 0.3 is 17.9 Å². The second-order valence-corrected chi connectivity index (χ2v) is 5.37. The van der Waals surface area contributed by atoms with Gasteiger partial charge < -0.3 is 24.4 Å². The van der Waals surface area contributed by atoms with Gasteiger partial charge in [0.05, 0.1) is 0 Å². The van der Waals surface area contributed by atoms with E-state index in [2.05, 4.69) is 0 Å². The van der Waals surface area contributed by atoms with Crippen molar-refractivity contribution in [3.05, 3.63) is 24.3 Å². The van der Waals surface area contributed by atoms with Crippen molar-refractivity contribution in [2.45, 2.75) is 57.7 Å². The van der Waals surface area contributed by atoms with Gasteiger partial charge in [0.1, 0.15) is 24.4 Å². The van der Waals surface area contributed by atoms with E-state index in [0.29, 0.717) is 0 Å². The summed E-state index contributed by atoms with van der Waals surface area (Å²) in [6, 6.07) is 0. The summed E-state index contributed by atoms with van der Waals surface area (Å²) in [7, 11) is 0. The van der Waals surface area contributed by atoms with E-state index in [0.717, 1.165) is 0 Å². The smallest absolute Gasteiger partial charge is 0.330 e. The molecule has 0 aromatic heterocycles. The fourth-order valence-electron chi connectivity index (χ4n) is 2.11. The summed E-state index contributed by atoms with van der Waals surface area (Å²) in [4.78, 5) is 33.3. The summed E-state index contributed by atoms with van der Waals surface area (Å²) >= 11 is 0. The first-order valence-electron chi connectivity index (χ1n) is 7.46. The first-order chi connectivity index (χ1) is 11.2. The highest BCUT2D eigenvalue weighted by molar-refractivity contribution is 5.82. The number of ether oxygens (including phenoxy) is 3. The maximum absolute atomic E-state index is 11.2. The lowest BCUT2D eigenvalue weighted by Gasteiger charge is -2.26. The monoisotopic (exact) mass is 342 g/mol. The number of hydrogen-bond acceptors (Lipinski definition) is 8. The molecule has 0 bridgehead atoms. The van der Waals surface area contributed by atoms with Crippen LogP contribution < -0.4 is 0 Å². The first-order valence-corrected chi connectivity index (χ1v) is 7.46. The predicted octanol–water partition coefficient (Wildman–Crippen LogP) is 0.0194. The number of aliphatic hydroxyl groups is 2. The Morgan fingerprint density at radius 3 is 2.42 bits per heavy atom. The highest BCUT2D eigenvalue weighted by Gasteiger charge is 2.29. The zero-order chi connectivity index (χ0) is 18.3. The van der Waals surface area contributed by atoms with E-state index in [1.54, 1.807) is 6.08 Å². The van der Waals surface area contributed by atoms with Gasteiger partial charge in [-0.1, -0.05) is 12.2 Å². The van der Waals surface area contributed by atoms with Gasteiger partial charge in [0.2, 0.25) is 0 Å². The van der Waals surface area contributed by atoms with Crippen LogP contribution in [0.2, 0.25) is 0 Å². The van der Waals surface area contributed by atoms with Crippen LogP contribution in [-0.4, -0.2) is 58.6 Å². The van der Waals surface area contributed by atoms with Crippen molar-refractivity contribution >= 4 is 17.9 Å². The van der Waals surface area contributed by atoms with Crippen LogP contribution in [0.4, 0.5) is 0 Å². The average Bonchev–Trinajstić information content (AvgIpc) is 2.49. The highest BCUT2D eigenvalue weighted by Crippen LogP contribution is 2.16. The van der Waals surface area contributed by atoms with Crippen molar-refractivity contribution in [2.75, 3.05) is 0 Å². The Balaban J connectivity index is 2.72. The van der Waals surface area contributed by atoms with Crippen molar-refractivity contribution in [3.63, 3.8) is 0 Å². The third-order valence-electron chi connectivity index (χ3n) is 3.24. The van der Waals surface area contributed by atoms with Gasteiger partial charge in [0, 0.05) is 26.3 Å². The summed E-state index contributed by atoms with van der Waals surface area (Å²) in [6.07, 6.45) is 0.269. The normalized spacial score (nSPS) is 22.4. The molecule has 8 heteroatoms. The van der Waals surface area contributed by atoms with Crippen molar-refractivity contribution in [3.8, 4) is 0 Å². The van der Waals surface area contributed by atoms with E-state index in [9.17, 15) is 24.6 Å². The topological polar surface area (TPSA) is 119 Å². The van der Waals surface area contributed by atoms with Crippen molar-refractivity contribution in [1.82, 2.24) is 0 Å². The van der Waals surface area contributed by atoms with E-state index in [1.165, 1.54) is 39.0 Å². The number of rotatable bonds is 7. The molecule has 0 unspecified atom stereocenters. The van der Waals surface area contributed by atoms with Crippen LogP contribution in [0.15, 0.2) is 24.3 Å². The van der Waals surface area contributed by atoms with E-state index in [1.807, 2.05) is 0 Å². The fraction of sp³-hybridized carbons (Fsp3) is 0.562. The van der Waals surface area contributed by atoms with Gasteiger partial charge in [-0.15, -0.1) is 0 Å². The summed E-state index contributed by atoms with van der Waals surface area (Å²) in [6.45, 7) is 3.94. The minimum Gasteiger partial charge on any atom is -0.459 e. The zero-order valence-corrected chi connectivity index (χ0v) is 13.7. The number of esters is 3. The van der Waals surface area contributed by atoms with Crippen molar-refractivity contribution in [1.29, 1.82) is 0 Å². The Hall–Kier alpha value is -2.19. The molecule has 0 saturated carbocycles. The van der Waals surface area contributed by atoms with Crippen LogP contribution in [-0.2, 0) is 28.6 Å². The molecule has 0 amide bonds. The molecule has 1 rings (SSSR count). The molecule has 0 spiro atoms. The van der Waals surface area contributed by atoms with Gasteiger partial charge in [-0.25, -0.2) is 4.79 Å². The van der Waals surface area contributed by atoms with Crippen molar-refractivity contribution in [2.24, 2.45) is 0 Å². The molecule has 1 aliphatic heterocycles. The van der Waals surface area contributed by atoms with Gasteiger partial charge in [-0.2, -0.15) is 0 Å². The molecule has 8 nitrogen and oxygen atoms in total. The minimum absolute atomic E-state index is 0.273. The summed E-state index contributed by atoms with van der Waals surface area (Å²) in [5, 5.41) is 20.0. The molecule has 0 fully saturated rings. The second-order valence-electron chi connectivity index (χ2n) is 5.37. The maximum Gasteiger partial charge on any atom is 0.330 e. The maximum atomic E-state index is 11.2. The summed E-state index contributed by atoms with van der Waals surface area (Å²) in [5.74, 6) is -1.73. The Labute approximate surface area is 139 Å². The van der Waals surface area contributed by atoms with E-state index in [-0.39, 0.29) is 6.42 Å². The molecule has 2 N–H and O–H groups in total. The molecule has 0 aromatic carbocycles. The number of carbonyl (C=O) groups excluding carboxylic acids is 3. The van der Waals surface area contributed by atoms with Crippen LogP contribution in [0.1, 0.15) is 27.2 Å². The third-order valence-corrected chi connectivity index (χ3v) is 3.24. The molecular weight excluding hydrogens is 320 g/mol. The lowest BCUT2D eigenvalue weighted by molar-refractivity contribution is -0.160. The largest absolute Gasteiger partial charge is 0.459 e. The number of aliphatic hydroxyl groups excluding tert-OH is 2. The molecule has 0 radical (unpaired) electrons. The molecular formula is C16H22O8. The van der Waals surface area contributed by atoms with E-state index < -0.39 is 48.4 Å². The standard InChI is InChI=1S/C16H22O8/c1-9(22-10(2)17)13(23-11(3)18)8-7-12(19)16(21)14-5-4-6-15(20)24-14/h4,6-9,12-14,16,19,21H,5H2,1-3H3/b8-7+/t9-,12-,13+,14-,16+/m1/s1. The highest BCUT2D eigenvalue weighted by atomic mass is 16.6. The molecule has 24 heavy (non-hydrogen) atoms. The SMILES string of the molecule is CC(=O)O[C@@H](/C=C/[C@@H](O)[C@H](O)[C@H]1CC=CC(=O)O1)[C@@H](C)OC(C)=O. The number of carbonyl (C=O) groups is 3. The summed E-state index contributed by atoms with van der Waals surface area (Å²) < 4.78 is 14.9. The van der Waals surface area contributed by atoms with Crippen LogP contribution in [0.3, 0.4) is 0 Å². The molecule has 0 aliphatic carbocycles. The average molecular weight is 342 g/mol. The lowest BCUT2D eigenvalue weighted by Crippen LogP contribution is -2.40. The van der Waals surface area contributed by atoms with Crippen LogP contribution in [0.25, 0.3) is 0 Å². The van der Waals surface area contributed by atoms with Crippen LogP contribution in [0.5, 0.6) is 0 Å². The zero-order valence-electron chi connectivity index (χ0n) is 13.7.